The van der Waals surface area contributed by atoms with E-state index in [4.69, 9.17) is 9.26 Å². The summed E-state index contributed by atoms with van der Waals surface area (Å²) in [6.45, 7) is 3.71. The van der Waals surface area contributed by atoms with Crippen LogP contribution in [0.1, 0.15) is 43.3 Å². The molecule has 0 spiro atoms. The molecule has 154 valence electrons. The lowest BCUT2D eigenvalue weighted by molar-refractivity contribution is 0.0427. The van der Waals surface area contributed by atoms with E-state index in [9.17, 15) is 9.59 Å². The molecule has 1 aromatic heterocycles. The van der Waals surface area contributed by atoms with Crippen LogP contribution >= 0.6 is 0 Å². The van der Waals surface area contributed by atoms with Crippen molar-refractivity contribution in [2.75, 3.05) is 0 Å². The molecule has 0 aliphatic carbocycles. The van der Waals surface area contributed by atoms with Crippen molar-refractivity contribution in [1.82, 2.24) is 10.1 Å². The summed E-state index contributed by atoms with van der Waals surface area (Å²) in [5.74, 6) is -0.271. The Morgan fingerprint density at radius 1 is 0.871 bits per heavy atom. The minimum absolute atomic E-state index is 0.175. The molecule has 4 rings (SSSR count). The largest absolute Gasteiger partial charge is 0.452 e. The monoisotopic (exact) mass is 412 g/mol. The van der Waals surface area contributed by atoms with Gasteiger partial charge in [0.1, 0.15) is 0 Å². The minimum Gasteiger partial charge on any atom is -0.452 e. The van der Waals surface area contributed by atoms with E-state index in [0.29, 0.717) is 11.4 Å². The number of carbonyl (C=O) groups excluding carboxylic acids is 2. The van der Waals surface area contributed by atoms with E-state index in [-0.39, 0.29) is 29.4 Å². The van der Waals surface area contributed by atoms with E-state index in [2.05, 4.69) is 10.1 Å². The van der Waals surface area contributed by atoms with Gasteiger partial charge in [-0.15, -0.1) is 0 Å². The van der Waals surface area contributed by atoms with E-state index in [1.54, 1.807) is 36.4 Å². The number of rotatable bonds is 6. The number of ether oxygens (including phenoxy) is 1. The normalized spacial score (nSPS) is 10.6. The van der Waals surface area contributed by atoms with Gasteiger partial charge in [0.25, 0.3) is 5.89 Å². The topological polar surface area (TPSA) is 82.3 Å². The molecular formula is C25H20N2O4. The van der Waals surface area contributed by atoms with Gasteiger partial charge in [-0.2, -0.15) is 4.98 Å². The molecule has 0 N–H and O–H groups in total. The Morgan fingerprint density at radius 3 is 2.29 bits per heavy atom. The van der Waals surface area contributed by atoms with Gasteiger partial charge >= 0.3 is 5.97 Å². The highest BCUT2D eigenvalue weighted by molar-refractivity contribution is 6.14. The zero-order valence-electron chi connectivity index (χ0n) is 17.2. The van der Waals surface area contributed by atoms with Crippen molar-refractivity contribution in [2.24, 2.45) is 0 Å². The zero-order valence-corrected chi connectivity index (χ0v) is 17.2. The second kappa shape index (κ2) is 8.75. The molecular weight excluding hydrogens is 392 g/mol. The van der Waals surface area contributed by atoms with E-state index >= 15 is 0 Å². The first-order valence-corrected chi connectivity index (χ1v) is 9.79. The van der Waals surface area contributed by atoms with Crippen LogP contribution in [-0.4, -0.2) is 21.9 Å². The van der Waals surface area contributed by atoms with Crippen LogP contribution in [0.3, 0.4) is 0 Å². The average molecular weight is 412 g/mol. The van der Waals surface area contributed by atoms with Crippen LogP contribution in [0.2, 0.25) is 0 Å². The Morgan fingerprint density at radius 2 is 1.55 bits per heavy atom. The molecule has 31 heavy (non-hydrogen) atoms. The van der Waals surface area contributed by atoms with Crippen LogP contribution in [0.15, 0.2) is 77.3 Å². The Balaban J connectivity index is 1.49. The maximum atomic E-state index is 12.9. The number of nitrogens with zero attached hydrogens (tertiary/aromatic N) is 2. The number of benzene rings is 3. The van der Waals surface area contributed by atoms with Gasteiger partial charge in [0.05, 0.1) is 5.56 Å². The number of hydrogen-bond acceptors (Lipinski definition) is 6. The van der Waals surface area contributed by atoms with Gasteiger partial charge in [0.2, 0.25) is 5.82 Å². The second-order valence-electron chi connectivity index (χ2n) is 7.14. The summed E-state index contributed by atoms with van der Waals surface area (Å²) in [7, 11) is 0. The summed E-state index contributed by atoms with van der Waals surface area (Å²) in [5, 5.41) is 3.96. The van der Waals surface area contributed by atoms with Gasteiger partial charge in [0, 0.05) is 16.7 Å². The first-order valence-electron chi connectivity index (χ1n) is 9.79. The Labute approximate surface area is 179 Å². The van der Waals surface area contributed by atoms with Gasteiger partial charge in [-0.25, -0.2) is 4.79 Å². The third-order valence-corrected chi connectivity index (χ3v) is 4.89. The number of esters is 1. The third kappa shape index (κ3) is 4.43. The summed E-state index contributed by atoms with van der Waals surface area (Å²) >= 11 is 0. The summed E-state index contributed by atoms with van der Waals surface area (Å²) in [4.78, 5) is 29.9. The van der Waals surface area contributed by atoms with Crippen LogP contribution in [0.5, 0.6) is 0 Å². The molecule has 0 fully saturated rings. The molecule has 0 radical (unpaired) electrons. The molecule has 0 amide bonds. The Kier molecular flexibility index (Phi) is 5.71. The molecule has 0 aliphatic rings. The summed E-state index contributed by atoms with van der Waals surface area (Å²) < 4.78 is 10.6. The maximum absolute atomic E-state index is 12.9. The van der Waals surface area contributed by atoms with E-state index in [1.165, 1.54) is 0 Å². The number of aryl methyl sites for hydroxylation is 2. The quantitative estimate of drug-likeness (QED) is 0.329. The van der Waals surface area contributed by atoms with Gasteiger partial charge in [-0.3, -0.25) is 4.79 Å². The van der Waals surface area contributed by atoms with E-state index < -0.39 is 5.97 Å². The Hall–Kier alpha value is -4.06. The summed E-state index contributed by atoms with van der Waals surface area (Å²) in [6, 6.07) is 21.4. The SMILES string of the molecule is Cc1ccc(C(=O)c2ccccc2C(=O)OCc2nc(-c3ccccc3C)no2)cc1. The first-order chi connectivity index (χ1) is 15.0. The summed E-state index contributed by atoms with van der Waals surface area (Å²) in [6.07, 6.45) is 0. The molecule has 6 nitrogen and oxygen atoms in total. The van der Waals surface area contributed by atoms with Gasteiger partial charge in [0.15, 0.2) is 12.4 Å². The molecule has 0 atom stereocenters. The third-order valence-electron chi connectivity index (χ3n) is 4.89. The number of aromatic nitrogens is 2. The molecule has 0 unspecified atom stereocenters. The van der Waals surface area contributed by atoms with Crippen LogP contribution in [0.4, 0.5) is 0 Å². The molecule has 0 saturated carbocycles. The maximum Gasteiger partial charge on any atom is 0.339 e. The lowest BCUT2D eigenvalue weighted by atomic mass is 9.98. The predicted molar refractivity (Wildman–Crippen MR) is 115 cm³/mol. The fourth-order valence-electron chi connectivity index (χ4n) is 3.17. The lowest BCUT2D eigenvalue weighted by Gasteiger charge is -2.08. The fraction of sp³-hybridized carbons (Fsp3) is 0.120. The predicted octanol–water partition coefficient (Wildman–Crippen LogP) is 4.94. The smallest absolute Gasteiger partial charge is 0.339 e. The number of hydrogen-bond donors (Lipinski definition) is 0. The molecule has 6 heteroatoms. The van der Waals surface area contributed by atoms with Crippen molar-refractivity contribution in [3.8, 4) is 11.4 Å². The molecule has 0 aliphatic heterocycles. The van der Waals surface area contributed by atoms with E-state index in [1.807, 2.05) is 50.2 Å². The van der Waals surface area contributed by atoms with Crippen molar-refractivity contribution in [3.63, 3.8) is 0 Å². The minimum atomic E-state index is -0.633. The first kappa shape index (κ1) is 20.2. The Bertz CT molecular complexity index is 1240. The molecule has 0 saturated heterocycles. The van der Waals surface area contributed by atoms with Crippen molar-refractivity contribution >= 4 is 11.8 Å². The molecule has 4 aromatic rings. The van der Waals surface area contributed by atoms with Crippen LogP contribution in [0, 0.1) is 13.8 Å². The van der Waals surface area contributed by atoms with Crippen molar-refractivity contribution in [1.29, 1.82) is 0 Å². The van der Waals surface area contributed by atoms with Gasteiger partial charge in [-0.1, -0.05) is 77.5 Å². The number of ketones is 1. The molecule has 1 heterocycles. The number of carbonyl (C=O) groups is 2. The average Bonchev–Trinajstić information content (AvgIpc) is 3.26. The van der Waals surface area contributed by atoms with Gasteiger partial charge < -0.3 is 9.26 Å². The second-order valence-corrected chi connectivity index (χ2v) is 7.14. The van der Waals surface area contributed by atoms with Crippen LogP contribution in [-0.2, 0) is 11.3 Å². The van der Waals surface area contributed by atoms with Crippen LogP contribution < -0.4 is 0 Å². The lowest BCUT2D eigenvalue weighted by Crippen LogP contribution is -2.12. The fourth-order valence-corrected chi connectivity index (χ4v) is 3.17. The van der Waals surface area contributed by atoms with Crippen molar-refractivity contribution in [2.45, 2.75) is 20.5 Å². The highest BCUT2D eigenvalue weighted by atomic mass is 16.6. The van der Waals surface area contributed by atoms with Crippen molar-refractivity contribution in [3.05, 3.63) is 107 Å². The van der Waals surface area contributed by atoms with Gasteiger partial charge in [-0.05, 0) is 25.5 Å². The molecule has 3 aromatic carbocycles. The zero-order chi connectivity index (χ0) is 21.8. The highest BCUT2D eigenvalue weighted by Crippen LogP contribution is 2.21. The molecule has 0 bridgehead atoms. The van der Waals surface area contributed by atoms with Crippen molar-refractivity contribution < 1.29 is 18.8 Å². The van der Waals surface area contributed by atoms with E-state index in [0.717, 1.165) is 16.7 Å². The van der Waals surface area contributed by atoms with Crippen LogP contribution in [0.25, 0.3) is 11.4 Å². The summed E-state index contributed by atoms with van der Waals surface area (Å²) in [5.41, 5.74) is 3.88. The standard InChI is InChI=1S/C25H20N2O4/c1-16-11-13-18(14-12-16)23(28)20-9-5-6-10-21(20)25(29)30-15-22-26-24(27-31-22)19-8-4-3-7-17(19)2/h3-14H,15H2,1-2H3. The highest BCUT2D eigenvalue weighted by Gasteiger charge is 2.20.